The van der Waals surface area contributed by atoms with E-state index in [0.717, 1.165) is 67.6 Å². The average Bonchev–Trinajstić information content (AvgIpc) is 3.69. The molecule has 0 bridgehead atoms. The Morgan fingerprint density at radius 2 is 1.77 bits per heavy atom. The molecule has 0 spiro atoms. The monoisotopic (exact) mass is 632 g/mol. The van der Waals surface area contributed by atoms with Crippen molar-refractivity contribution in [1.82, 2.24) is 5.01 Å². The molecule has 226 valence electrons. The predicted octanol–water partition coefficient (Wildman–Crippen LogP) is 7.48. The minimum Gasteiger partial charge on any atom is -0.452 e. The molecule has 0 aromatic heterocycles. The number of esters is 1. The number of benzene rings is 3. The van der Waals surface area contributed by atoms with Crippen molar-refractivity contribution in [2.45, 2.75) is 38.1 Å². The number of carbonyl (C=O) groups excluding carboxylic acids is 2. The van der Waals surface area contributed by atoms with Gasteiger partial charge in [0.05, 0.1) is 22.2 Å². The van der Waals surface area contributed by atoms with Crippen LogP contribution in [-0.4, -0.2) is 47.2 Å². The molecule has 0 N–H and O–H groups in total. The number of carbonyl (C=O) groups is 2. The topological polar surface area (TPSA) is 105 Å². The lowest BCUT2D eigenvalue weighted by atomic mass is 9.77. The van der Waals surface area contributed by atoms with Crippen LogP contribution in [0.3, 0.4) is 0 Å². The molecule has 3 aromatic carbocycles. The number of nitro benzene ring substituents is 1. The lowest BCUT2D eigenvalue weighted by Gasteiger charge is -2.29. The van der Waals surface area contributed by atoms with E-state index in [0.29, 0.717) is 15.7 Å². The molecule has 44 heavy (non-hydrogen) atoms. The Kier molecular flexibility index (Phi) is 8.68. The van der Waals surface area contributed by atoms with Crippen LogP contribution in [0.1, 0.15) is 59.6 Å². The molecule has 9 nitrogen and oxygen atoms in total. The largest absolute Gasteiger partial charge is 0.452 e. The minimum absolute atomic E-state index is 0.00912. The Morgan fingerprint density at radius 3 is 2.50 bits per heavy atom. The smallest absolute Gasteiger partial charge is 0.338 e. The number of hydrazone groups is 1. The zero-order valence-electron chi connectivity index (χ0n) is 23.8. The highest BCUT2D eigenvalue weighted by atomic mass is 35.5. The number of hydrogen-bond donors (Lipinski definition) is 0. The van der Waals surface area contributed by atoms with Crippen LogP contribution >= 0.6 is 23.2 Å². The Hall–Kier alpha value is -4.21. The molecule has 2 atom stereocenters. The molecule has 1 amide bonds. The van der Waals surface area contributed by atoms with Crippen LogP contribution < -0.4 is 4.90 Å². The van der Waals surface area contributed by atoms with Gasteiger partial charge < -0.3 is 9.64 Å². The second kappa shape index (κ2) is 12.8. The minimum atomic E-state index is -0.816. The number of ether oxygens (including phenoxy) is 1. The van der Waals surface area contributed by atoms with Crippen molar-refractivity contribution in [2.75, 3.05) is 24.6 Å². The summed E-state index contributed by atoms with van der Waals surface area (Å²) in [5.74, 6) is -1.37. The first-order valence-electron chi connectivity index (χ1n) is 14.6. The number of allylic oxidation sites excluding steroid dienone is 1. The van der Waals surface area contributed by atoms with Crippen molar-refractivity contribution < 1.29 is 19.2 Å². The molecule has 3 aliphatic rings. The quantitative estimate of drug-likeness (QED) is 0.152. The van der Waals surface area contributed by atoms with Crippen LogP contribution in [0.15, 0.2) is 77.4 Å². The third kappa shape index (κ3) is 6.21. The van der Waals surface area contributed by atoms with Crippen molar-refractivity contribution >= 4 is 58.2 Å². The maximum atomic E-state index is 13.7. The number of nitrogens with zero attached hydrogens (tertiary/aromatic N) is 4. The van der Waals surface area contributed by atoms with E-state index in [1.54, 1.807) is 18.2 Å². The molecule has 3 aromatic rings. The number of hydrogen-bond acceptors (Lipinski definition) is 7. The van der Waals surface area contributed by atoms with Gasteiger partial charge in [0.1, 0.15) is 5.69 Å². The average molecular weight is 634 g/mol. The van der Waals surface area contributed by atoms with Gasteiger partial charge in [-0.3, -0.25) is 14.9 Å². The fourth-order valence-corrected chi connectivity index (χ4v) is 6.62. The van der Waals surface area contributed by atoms with Crippen molar-refractivity contribution in [2.24, 2.45) is 11.0 Å². The Labute approximate surface area is 264 Å². The molecule has 1 saturated heterocycles. The first-order chi connectivity index (χ1) is 21.3. The molecule has 2 unspecified atom stereocenters. The summed E-state index contributed by atoms with van der Waals surface area (Å²) in [6, 6.07) is 18.8. The summed E-state index contributed by atoms with van der Waals surface area (Å²) in [4.78, 5) is 39.9. The maximum Gasteiger partial charge on any atom is 0.338 e. The molecule has 2 aliphatic heterocycles. The van der Waals surface area contributed by atoms with E-state index >= 15 is 0 Å². The van der Waals surface area contributed by atoms with Gasteiger partial charge in [-0.05, 0) is 91.3 Å². The SMILES string of the molecule is O=C(OCC(=O)N1N=C2C(=Cc3cccc(Cl)c3)CCCC2C1c1ccc(Cl)cc1)c1ccc(N2CCCC2)c([N+](=O)[O-])c1. The molecular weight excluding hydrogens is 603 g/mol. The van der Waals surface area contributed by atoms with Gasteiger partial charge in [0.25, 0.3) is 11.6 Å². The first-order valence-corrected chi connectivity index (χ1v) is 15.4. The van der Waals surface area contributed by atoms with Crippen LogP contribution in [0.5, 0.6) is 0 Å². The van der Waals surface area contributed by atoms with Crippen LogP contribution in [0, 0.1) is 16.0 Å². The zero-order chi connectivity index (χ0) is 30.8. The molecule has 1 saturated carbocycles. The van der Waals surface area contributed by atoms with Crippen LogP contribution in [0.2, 0.25) is 10.0 Å². The maximum absolute atomic E-state index is 13.7. The third-order valence-electron chi connectivity index (χ3n) is 8.34. The van der Waals surface area contributed by atoms with Gasteiger partial charge in [0.15, 0.2) is 6.61 Å². The highest BCUT2D eigenvalue weighted by Gasteiger charge is 2.44. The molecule has 2 heterocycles. The van der Waals surface area contributed by atoms with Gasteiger partial charge in [-0.1, -0.05) is 47.5 Å². The molecular formula is C33H30Cl2N4O5. The fraction of sp³-hybridized carbons (Fsp3) is 0.303. The highest BCUT2D eigenvalue weighted by Crippen LogP contribution is 2.44. The van der Waals surface area contributed by atoms with E-state index < -0.39 is 29.4 Å². The summed E-state index contributed by atoms with van der Waals surface area (Å²) in [5.41, 5.74) is 3.99. The number of amides is 1. The summed E-state index contributed by atoms with van der Waals surface area (Å²) in [6.07, 6.45) is 6.53. The fourth-order valence-electron chi connectivity index (χ4n) is 6.30. The highest BCUT2D eigenvalue weighted by molar-refractivity contribution is 6.31. The number of anilines is 1. The van der Waals surface area contributed by atoms with Gasteiger partial charge in [-0.25, -0.2) is 9.80 Å². The van der Waals surface area contributed by atoms with E-state index in [2.05, 4.69) is 6.08 Å². The van der Waals surface area contributed by atoms with Crippen molar-refractivity contribution in [3.63, 3.8) is 0 Å². The van der Waals surface area contributed by atoms with E-state index in [-0.39, 0.29) is 17.2 Å². The standard InChI is InChI=1S/C33H30Cl2N4O5/c34-25-12-9-22(10-13-25)32-27-8-4-6-23(17-21-5-3-7-26(35)18-21)31(27)36-38(32)30(40)20-44-33(41)24-11-14-28(29(19-24)39(42)43)37-15-1-2-16-37/h3,5,7,9-14,17-19,27,32H,1-2,4,6,8,15-16,20H2. The molecule has 0 radical (unpaired) electrons. The third-order valence-corrected chi connectivity index (χ3v) is 8.83. The van der Waals surface area contributed by atoms with Crippen molar-refractivity contribution in [3.05, 3.63) is 109 Å². The lowest BCUT2D eigenvalue weighted by molar-refractivity contribution is -0.384. The Bertz CT molecular complexity index is 1670. The normalized spacial score (nSPS) is 20.4. The zero-order valence-corrected chi connectivity index (χ0v) is 25.3. The predicted molar refractivity (Wildman–Crippen MR) is 170 cm³/mol. The summed E-state index contributed by atoms with van der Waals surface area (Å²) < 4.78 is 5.41. The number of rotatable bonds is 7. The molecule has 2 fully saturated rings. The van der Waals surface area contributed by atoms with E-state index in [1.165, 1.54) is 17.1 Å². The number of nitro groups is 1. The molecule has 11 heteroatoms. The van der Waals surface area contributed by atoms with Crippen LogP contribution in [-0.2, 0) is 9.53 Å². The van der Waals surface area contributed by atoms with Gasteiger partial charge in [-0.2, -0.15) is 5.10 Å². The van der Waals surface area contributed by atoms with Gasteiger partial charge >= 0.3 is 5.97 Å². The summed E-state index contributed by atoms with van der Waals surface area (Å²) in [5, 5.41) is 19.2. The summed E-state index contributed by atoms with van der Waals surface area (Å²) in [7, 11) is 0. The van der Waals surface area contributed by atoms with Crippen molar-refractivity contribution in [3.8, 4) is 0 Å². The van der Waals surface area contributed by atoms with Gasteiger partial charge in [-0.15, -0.1) is 0 Å². The van der Waals surface area contributed by atoms with Crippen molar-refractivity contribution in [1.29, 1.82) is 0 Å². The summed E-state index contributed by atoms with van der Waals surface area (Å²) >= 11 is 12.4. The number of halogens is 2. The molecule has 1 aliphatic carbocycles. The van der Waals surface area contributed by atoms with Gasteiger partial charge in [0.2, 0.25) is 0 Å². The Morgan fingerprint density at radius 1 is 1.00 bits per heavy atom. The van der Waals surface area contributed by atoms with Gasteiger partial charge in [0, 0.05) is 35.1 Å². The Balaban J connectivity index is 1.25. The first kappa shape index (κ1) is 29.8. The lowest BCUT2D eigenvalue weighted by Crippen LogP contribution is -2.34. The van der Waals surface area contributed by atoms with E-state index in [9.17, 15) is 19.7 Å². The second-order valence-corrected chi connectivity index (χ2v) is 12.0. The van der Waals surface area contributed by atoms with Crippen LogP contribution in [0.4, 0.5) is 11.4 Å². The second-order valence-electron chi connectivity index (χ2n) is 11.2. The van der Waals surface area contributed by atoms with E-state index in [4.69, 9.17) is 33.0 Å². The number of fused-ring (bicyclic) bond motifs is 1. The summed E-state index contributed by atoms with van der Waals surface area (Å²) in [6.45, 7) is 0.883. The molecule has 6 rings (SSSR count). The van der Waals surface area contributed by atoms with Crippen LogP contribution in [0.25, 0.3) is 6.08 Å². The van der Waals surface area contributed by atoms with E-state index in [1.807, 2.05) is 41.3 Å².